The molecule has 0 radical (unpaired) electrons. The molecule has 94 valence electrons. The van der Waals surface area contributed by atoms with Gasteiger partial charge in [-0.3, -0.25) is 9.59 Å². The van der Waals surface area contributed by atoms with Gasteiger partial charge in [0.15, 0.2) is 0 Å². The first kappa shape index (κ1) is 14.9. The van der Waals surface area contributed by atoms with Crippen LogP contribution in [0.5, 0.6) is 0 Å². The summed E-state index contributed by atoms with van der Waals surface area (Å²) in [5.41, 5.74) is 5.61. The molecule has 0 aliphatic rings. The molecule has 0 heterocycles. The van der Waals surface area contributed by atoms with Gasteiger partial charge in [-0.15, -0.1) is 0 Å². The second kappa shape index (κ2) is 6.48. The van der Waals surface area contributed by atoms with Crippen LogP contribution in [-0.2, 0) is 9.59 Å². The van der Waals surface area contributed by atoms with Crippen molar-refractivity contribution in [1.82, 2.24) is 5.32 Å². The van der Waals surface area contributed by atoms with Crippen LogP contribution in [0.4, 0.5) is 0 Å². The smallest absolute Gasteiger partial charge is 0.305 e. The van der Waals surface area contributed by atoms with E-state index in [0.717, 1.165) is 0 Å². The lowest BCUT2D eigenvalue weighted by atomic mass is 9.98. The number of nitrogens with one attached hydrogen (secondary N) is 1. The third-order valence-corrected chi connectivity index (χ3v) is 2.73. The highest BCUT2D eigenvalue weighted by Crippen LogP contribution is 2.08. The standard InChI is InChI=1S/C11H22N2O3/c1-6(2)9(5-10(14)15)13-11(16)7(3)8(4)12/h6-9H,5,12H2,1-4H3,(H,13,16)(H,14,15). The van der Waals surface area contributed by atoms with Gasteiger partial charge in [0.25, 0.3) is 0 Å². The number of nitrogens with two attached hydrogens (primary N) is 1. The minimum absolute atomic E-state index is 0.0604. The van der Waals surface area contributed by atoms with Crippen LogP contribution < -0.4 is 11.1 Å². The van der Waals surface area contributed by atoms with Gasteiger partial charge in [-0.05, 0) is 12.8 Å². The highest BCUT2D eigenvalue weighted by atomic mass is 16.4. The Morgan fingerprint density at radius 1 is 1.25 bits per heavy atom. The molecule has 0 spiro atoms. The minimum atomic E-state index is -0.910. The van der Waals surface area contributed by atoms with Crippen LogP contribution >= 0.6 is 0 Å². The van der Waals surface area contributed by atoms with Gasteiger partial charge in [-0.2, -0.15) is 0 Å². The molecule has 16 heavy (non-hydrogen) atoms. The summed E-state index contributed by atoms with van der Waals surface area (Å²) in [4.78, 5) is 22.3. The normalized spacial score (nSPS) is 16.6. The van der Waals surface area contributed by atoms with Crippen LogP contribution in [0.1, 0.15) is 34.1 Å². The molecule has 0 rings (SSSR count). The summed E-state index contributed by atoms with van der Waals surface area (Å²) in [6.45, 7) is 7.25. The van der Waals surface area contributed by atoms with Crippen LogP contribution in [0, 0.1) is 11.8 Å². The number of amides is 1. The Labute approximate surface area is 96.4 Å². The number of carbonyl (C=O) groups is 2. The van der Waals surface area contributed by atoms with Gasteiger partial charge in [-0.25, -0.2) is 0 Å². The lowest BCUT2D eigenvalue weighted by Gasteiger charge is -2.24. The summed E-state index contributed by atoms with van der Waals surface area (Å²) in [6.07, 6.45) is -0.0604. The van der Waals surface area contributed by atoms with Gasteiger partial charge in [0, 0.05) is 18.0 Å². The van der Waals surface area contributed by atoms with Crippen molar-refractivity contribution in [3.05, 3.63) is 0 Å². The average molecular weight is 230 g/mol. The molecule has 3 atom stereocenters. The fraction of sp³-hybridized carbons (Fsp3) is 0.818. The number of aliphatic carboxylic acids is 1. The zero-order chi connectivity index (χ0) is 12.9. The van der Waals surface area contributed by atoms with Gasteiger partial charge < -0.3 is 16.2 Å². The van der Waals surface area contributed by atoms with Crippen molar-refractivity contribution in [2.45, 2.75) is 46.2 Å². The fourth-order valence-corrected chi connectivity index (χ4v) is 1.19. The first-order valence-electron chi connectivity index (χ1n) is 5.53. The maximum Gasteiger partial charge on any atom is 0.305 e. The van der Waals surface area contributed by atoms with Gasteiger partial charge in [0.05, 0.1) is 6.42 Å². The zero-order valence-corrected chi connectivity index (χ0v) is 10.4. The summed E-state index contributed by atoms with van der Waals surface area (Å²) in [6, 6.07) is -0.580. The van der Waals surface area contributed by atoms with Crippen molar-refractivity contribution in [2.24, 2.45) is 17.6 Å². The van der Waals surface area contributed by atoms with Crippen molar-refractivity contribution in [1.29, 1.82) is 0 Å². The number of hydrogen-bond acceptors (Lipinski definition) is 3. The van der Waals surface area contributed by atoms with Gasteiger partial charge in [0.2, 0.25) is 5.91 Å². The highest BCUT2D eigenvalue weighted by Gasteiger charge is 2.23. The van der Waals surface area contributed by atoms with E-state index in [1.165, 1.54) is 0 Å². The van der Waals surface area contributed by atoms with E-state index < -0.39 is 5.97 Å². The van der Waals surface area contributed by atoms with Crippen molar-refractivity contribution >= 4 is 11.9 Å². The second-order valence-corrected chi connectivity index (χ2v) is 4.60. The van der Waals surface area contributed by atoms with E-state index >= 15 is 0 Å². The Kier molecular flexibility index (Phi) is 6.03. The molecule has 0 bridgehead atoms. The van der Waals surface area contributed by atoms with E-state index in [2.05, 4.69) is 5.32 Å². The monoisotopic (exact) mass is 230 g/mol. The van der Waals surface area contributed by atoms with Crippen molar-refractivity contribution in [3.63, 3.8) is 0 Å². The number of carbonyl (C=O) groups excluding carboxylic acids is 1. The van der Waals surface area contributed by atoms with Gasteiger partial charge in [0.1, 0.15) is 0 Å². The van der Waals surface area contributed by atoms with E-state index in [1.807, 2.05) is 13.8 Å². The largest absolute Gasteiger partial charge is 0.481 e. The van der Waals surface area contributed by atoms with Crippen molar-refractivity contribution in [2.75, 3.05) is 0 Å². The molecule has 0 aromatic heterocycles. The van der Waals surface area contributed by atoms with E-state index in [4.69, 9.17) is 10.8 Å². The minimum Gasteiger partial charge on any atom is -0.481 e. The second-order valence-electron chi connectivity index (χ2n) is 4.60. The molecule has 0 aliphatic heterocycles. The third kappa shape index (κ3) is 5.11. The molecule has 4 N–H and O–H groups in total. The summed E-state index contributed by atoms with van der Waals surface area (Å²) in [5, 5.41) is 11.4. The molecular weight excluding hydrogens is 208 g/mol. The molecule has 0 aromatic rings. The van der Waals surface area contributed by atoms with Crippen molar-refractivity contribution < 1.29 is 14.7 Å². The highest BCUT2D eigenvalue weighted by molar-refractivity contribution is 5.80. The lowest BCUT2D eigenvalue weighted by molar-refractivity contribution is -0.138. The van der Waals surface area contributed by atoms with E-state index in [1.54, 1.807) is 13.8 Å². The summed E-state index contributed by atoms with van der Waals surface area (Å²) in [7, 11) is 0. The predicted molar refractivity (Wildman–Crippen MR) is 61.8 cm³/mol. The molecule has 0 aromatic carbocycles. The number of hydrogen-bond donors (Lipinski definition) is 3. The van der Waals surface area contributed by atoms with Crippen molar-refractivity contribution in [3.8, 4) is 0 Å². The molecule has 1 amide bonds. The Morgan fingerprint density at radius 2 is 1.75 bits per heavy atom. The Hall–Kier alpha value is -1.10. The molecule has 5 heteroatoms. The molecule has 3 unspecified atom stereocenters. The Balaban J connectivity index is 4.40. The topological polar surface area (TPSA) is 92.4 Å². The average Bonchev–Trinajstić information content (AvgIpc) is 2.14. The predicted octanol–water partition coefficient (Wildman–Crippen LogP) is 0.585. The quantitative estimate of drug-likeness (QED) is 0.622. The summed E-state index contributed by atoms with van der Waals surface area (Å²) < 4.78 is 0. The molecular formula is C11H22N2O3. The summed E-state index contributed by atoms with van der Waals surface area (Å²) in [5.74, 6) is -1.32. The van der Waals surface area contributed by atoms with E-state index in [9.17, 15) is 9.59 Å². The van der Waals surface area contributed by atoms with Crippen LogP contribution in [0.25, 0.3) is 0 Å². The first-order valence-corrected chi connectivity index (χ1v) is 5.53. The van der Waals surface area contributed by atoms with E-state index in [-0.39, 0.29) is 36.2 Å². The molecule has 0 saturated carbocycles. The first-order chi connectivity index (χ1) is 7.25. The molecule has 0 fully saturated rings. The molecule has 0 aliphatic carbocycles. The van der Waals surface area contributed by atoms with Gasteiger partial charge >= 0.3 is 5.97 Å². The van der Waals surface area contributed by atoms with Crippen LogP contribution in [0.2, 0.25) is 0 Å². The van der Waals surface area contributed by atoms with Gasteiger partial charge in [-0.1, -0.05) is 20.8 Å². The number of carboxylic acids is 1. The number of carboxylic acid groups (broad SMARTS) is 1. The molecule has 0 saturated heterocycles. The maximum atomic E-state index is 11.7. The Bertz CT molecular complexity index is 252. The fourth-order valence-electron chi connectivity index (χ4n) is 1.19. The van der Waals surface area contributed by atoms with Crippen LogP contribution in [0.15, 0.2) is 0 Å². The lowest BCUT2D eigenvalue weighted by Crippen LogP contribution is -2.46. The molecule has 5 nitrogen and oxygen atoms in total. The summed E-state index contributed by atoms with van der Waals surface area (Å²) >= 11 is 0. The number of rotatable bonds is 6. The van der Waals surface area contributed by atoms with E-state index in [0.29, 0.717) is 0 Å². The maximum absolute atomic E-state index is 11.7. The SMILES string of the molecule is CC(C)C(CC(=O)O)NC(=O)C(C)C(C)N. The zero-order valence-electron chi connectivity index (χ0n) is 10.4. The Morgan fingerprint density at radius 3 is 2.06 bits per heavy atom. The third-order valence-electron chi connectivity index (χ3n) is 2.73. The van der Waals surface area contributed by atoms with Crippen LogP contribution in [-0.4, -0.2) is 29.1 Å². The van der Waals surface area contributed by atoms with Crippen LogP contribution in [0.3, 0.4) is 0 Å².